The van der Waals surface area contributed by atoms with E-state index in [0.29, 0.717) is 6.54 Å². The van der Waals surface area contributed by atoms with E-state index in [0.717, 1.165) is 5.56 Å². The summed E-state index contributed by atoms with van der Waals surface area (Å²) in [6.45, 7) is 0.465. The third-order valence-corrected chi connectivity index (χ3v) is 1.41. The lowest BCUT2D eigenvalue weighted by Gasteiger charge is -2.11. The Bertz CT molecular complexity index is 201. The van der Waals surface area contributed by atoms with Gasteiger partial charge in [-0.05, 0) is 5.56 Å². The monoisotopic (exact) mass is 152 g/mol. The highest BCUT2D eigenvalue weighted by atomic mass is 16.3. The number of aliphatic hydroxyl groups excluding tert-OH is 1. The van der Waals surface area contributed by atoms with Gasteiger partial charge < -0.3 is 5.11 Å². The molecule has 0 aliphatic rings. The van der Waals surface area contributed by atoms with Crippen molar-refractivity contribution in [2.45, 2.75) is 6.54 Å². The SMILES string of the molecule is NN(CO)Cc1ccccc1. The van der Waals surface area contributed by atoms with Crippen LogP contribution in [-0.2, 0) is 6.54 Å². The average Bonchev–Trinajstić information content (AvgIpc) is 2.06. The van der Waals surface area contributed by atoms with Crippen molar-refractivity contribution >= 4 is 0 Å². The summed E-state index contributed by atoms with van der Waals surface area (Å²) in [7, 11) is 0. The van der Waals surface area contributed by atoms with Crippen LogP contribution >= 0.6 is 0 Å². The maximum Gasteiger partial charge on any atom is 0.108 e. The van der Waals surface area contributed by atoms with Crippen LogP contribution in [0.25, 0.3) is 0 Å². The Hall–Kier alpha value is -0.900. The van der Waals surface area contributed by atoms with Crippen molar-refractivity contribution in [3.05, 3.63) is 35.9 Å². The third kappa shape index (κ3) is 2.67. The molecule has 0 amide bonds. The number of hydrogen-bond acceptors (Lipinski definition) is 3. The van der Waals surface area contributed by atoms with Gasteiger partial charge in [0.1, 0.15) is 6.73 Å². The molecule has 0 aliphatic carbocycles. The van der Waals surface area contributed by atoms with Gasteiger partial charge in [0, 0.05) is 6.54 Å². The van der Waals surface area contributed by atoms with Crippen molar-refractivity contribution in [3.63, 3.8) is 0 Å². The second-order valence-corrected chi connectivity index (χ2v) is 2.37. The van der Waals surface area contributed by atoms with Crippen molar-refractivity contribution in [1.29, 1.82) is 0 Å². The predicted octanol–water partition coefficient (Wildman–Crippen LogP) is 0.312. The molecular weight excluding hydrogens is 140 g/mol. The molecule has 1 aromatic rings. The highest BCUT2D eigenvalue weighted by Crippen LogP contribution is 1.99. The Labute approximate surface area is 66.0 Å². The number of hydrazine groups is 1. The highest BCUT2D eigenvalue weighted by molar-refractivity contribution is 5.14. The first-order valence-electron chi connectivity index (χ1n) is 3.47. The van der Waals surface area contributed by atoms with Crippen LogP contribution in [-0.4, -0.2) is 16.8 Å². The van der Waals surface area contributed by atoms with Crippen LogP contribution in [0.1, 0.15) is 5.56 Å². The van der Waals surface area contributed by atoms with Crippen LogP contribution in [0.15, 0.2) is 30.3 Å². The first-order valence-corrected chi connectivity index (χ1v) is 3.47. The van der Waals surface area contributed by atoms with Gasteiger partial charge in [0.25, 0.3) is 0 Å². The zero-order valence-corrected chi connectivity index (χ0v) is 6.27. The zero-order chi connectivity index (χ0) is 8.10. The summed E-state index contributed by atoms with van der Waals surface area (Å²) in [5, 5.41) is 9.94. The van der Waals surface area contributed by atoms with Crippen LogP contribution in [0.2, 0.25) is 0 Å². The highest BCUT2D eigenvalue weighted by Gasteiger charge is 1.95. The van der Waals surface area contributed by atoms with Crippen molar-refractivity contribution in [2.75, 3.05) is 6.73 Å². The van der Waals surface area contributed by atoms with Crippen molar-refractivity contribution in [2.24, 2.45) is 5.84 Å². The molecule has 1 aromatic carbocycles. The van der Waals surface area contributed by atoms with Gasteiger partial charge in [0.15, 0.2) is 0 Å². The van der Waals surface area contributed by atoms with Crippen LogP contribution in [0.4, 0.5) is 0 Å². The maximum atomic E-state index is 8.60. The lowest BCUT2D eigenvalue weighted by atomic mass is 10.2. The molecule has 0 heterocycles. The lowest BCUT2D eigenvalue weighted by molar-refractivity contribution is 0.101. The Balaban J connectivity index is 2.51. The number of aliphatic hydroxyl groups is 1. The molecule has 3 nitrogen and oxygen atoms in total. The predicted molar refractivity (Wildman–Crippen MR) is 43.3 cm³/mol. The van der Waals surface area contributed by atoms with Gasteiger partial charge in [-0.2, -0.15) is 0 Å². The molecule has 0 fully saturated rings. The average molecular weight is 152 g/mol. The maximum absolute atomic E-state index is 8.60. The fraction of sp³-hybridized carbons (Fsp3) is 0.250. The molecule has 0 saturated heterocycles. The van der Waals surface area contributed by atoms with E-state index in [1.807, 2.05) is 30.3 Å². The summed E-state index contributed by atoms with van der Waals surface area (Å²) < 4.78 is 0. The summed E-state index contributed by atoms with van der Waals surface area (Å²) in [4.78, 5) is 0. The van der Waals surface area contributed by atoms with E-state index >= 15 is 0 Å². The van der Waals surface area contributed by atoms with Gasteiger partial charge >= 0.3 is 0 Å². The van der Waals surface area contributed by atoms with E-state index in [-0.39, 0.29) is 6.73 Å². The molecule has 1 rings (SSSR count). The van der Waals surface area contributed by atoms with Gasteiger partial charge in [-0.3, -0.25) is 5.84 Å². The normalized spacial score (nSPS) is 10.5. The van der Waals surface area contributed by atoms with E-state index in [1.165, 1.54) is 5.01 Å². The van der Waals surface area contributed by atoms with Gasteiger partial charge in [-0.15, -0.1) is 0 Å². The second-order valence-electron chi connectivity index (χ2n) is 2.37. The van der Waals surface area contributed by atoms with E-state index in [1.54, 1.807) is 0 Å². The summed E-state index contributed by atoms with van der Waals surface area (Å²) in [5.74, 6) is 5.39. The van der Waals surface area contributed by atoms with E-state index < -0.39 is 0 Å². The molecule has 0 aromatic heterocycles. The quantitative estimate of drug-likeness (QED) is 0.372. The lowest BCUT2D eigenvalue weighted by Crippen LogP contribution is -2.30. The standard InChI is InChI=1S/C8H12N2O/c9-10(7-11)6-8-4-2-1-3-5-8/h1-5,11H,6-7,9H2. The number of nitrogens with zero attached hydrogens (tertiary/aromatic N) is 1. The third-order valence-electron chi connectivity index (χ3n) is 1.41. The molecule has 0 radical (unpaired) electrons. The number of hydrogen-bond donors (Lipinski definition) is 2. The molecule has 0 bridgehead atoms. The summed E-state index contributed by atoms with van der Waals surface area (Å²) in [6.07, 6.45) is 0. The molecule has 0 aliphatic heterocycles. The summed E-state index contributed by atoms with van der Waals surface area (Å²) >= 11 is 0. The largest absolute Gasteiger partial charge is 0.380 e. The van der Waals surface area contributed by atoms with Gasteiger partial charge in [-0.25, -0.2) is 5.01 Å². The molecular formula is C8H12N2O. The van der Waals surface area contributed by atoms with E-state index in [2.05, 4.69) is 0 Å². The Kier molecular flexibility index (Phi) is 3.04. The molecule has 0 saturated carbocycles. The first-order chi connectivity index (χ1) is 5.33. The first kappa shape index (κ1) is 8.20. The minimum Gasteiger partial charge on any atom is -0.380 e. The molecule has 3 heteroatoms. The minimum absolute atomic E-state index is 0.116. The molecule has 0 unspecified atom stereocenters. The second kappa shape index (κ2) is 4.08. The number of benzene rings is 1. The molecule has 3 N–H and O–H groups in total. The van der Waals surface area contributed by atoms with Crippen molar-refractivity contribution in [3.8, 4) is 0 Å². The van der Waals surface area contributed by atoms with Crippen LogP contribution in [0.5, 0.6) is 0 Å². The number of nitrogens with two attached hydrogens (primary N) is 1. The molecule has 60 valence electrons. The molecule has 0 spiro atoms. The fourth-order valence-electron chi connectivity index (χ4n) is 0.868. The van der Waals surface area contributed by atoms with Gasteiger partial charge in [0.2, 0.25) is 0 Å². The Morgan fingerprint density at radius 2 is 1.91 bits per heavy atom. The Morgan fingerprint density at radius 1 is 1.27 bits per heavy atom. The minimum atomic E-state index is -0.116. The van der Waals surface area contributed by atoms with Crippen LogP contribution in [0.3, 0.4) is 0 Å². The van der Waals surface area contributed by atoms with Crippen LogP contribution < -0.4 is 5.84 Å². The molecule has 0 atom stereocenters. The van der Waals surface area contributed by atoms with E-state index in [9.17, 15) is 0 Å². The van der Waals surface area contributed by atoms with Gasteiger partial charge in [-0.1, -0.05) is 30.3 Å². The molecule has 11 heavy (non-hydrogen) atoms. The smallest absolute Gasteiger partial charge is 0.108 e. The number of rotatable bonds is 3. The topological polar surface area (TPSA) is 49.5 Å². The summed E-state index contributed by atoms with van der Waals surface area (Å²) in [5.41, 5.74) is 1.10. The van der Waals surface area contributed by atoms with Crippen molar-refractivity contribution in [1.82, 2.24) is 5.01 Å². The fourth-order valence-corrected chi connectivity index (χ4v) is 0.868. The zero-order valence-electron chi connectivity index (χ0n) is 6.27. The van der Waals surface area contributed by atoms with Crippen LogP contribution in [0, 0.1) is 0 Å². The summed E-state index contributed by atoms with van der Waals surface area (Å²) in [6, 6.07) is 9.77. The van der Waals surface area contributed by atoms with Gasteiger partial charge in [0.05, 0.1) is 0 Å². The van der Waals surface area contributed by atoms with E-state index in [4.69, 9.17) is 10.9 Å². The Morgan fingerprint density at radius 3 is 2.45 bits per heavy atom. The van der Waals surface area contributed by atoms with Crippen molar-refractivity contribution < 1.29 is 5.11 Å².